The maximum absolute atomic E-state index is 2.58. The van der Waals surface area contributed by atoms with Gasteiger partial charge in [-0.25, -0.2) is 4.57 Å². The molecule has 0 amide bonds. The van der Waals surface area contributed by atoms with Crippen molar-refractivity contribution in [2.24, 2.45) is 7.05 Å². The van der Waals surface area contributed by atoms with E-state index in [0.29, 0.717) is 0 Å². The Balaban J connectivity index is 1.87. The Bertz CT molecular complexity index is 997. The normalized spacial score (nSPS) is 15.6. The van der Waals surface area contributed by atoms with Gasteiger partial charge in [0.15, 0.2) is 6.20 Å². The summed E-state index contributed by atoms with van der Waals surface area (Å²) in [6.45, 7) is 9.57. The van der Waals surface area contributed by atoms with Gasteiger partial charge in [0.1, 0.15) is 7.05 Å². The second-order valence-electron chi connectivity index (χ2n) is 9.10. The van der Waals surface area contributed by atoms with Crippen LogP contribution in [0.3, 0.4) is 0 Å². The minimum absolute atomic E-state index is 0.952. The molecule has 0 aliphatic heterocycles. The molecule has 0 radical (unpaired) electrons. The van der Waals surface area contributed by atoms with Crippen molar-refractivity contribution < 1.29 is 4.57 Å². The smallest absolute Gasteiger partial charge is 0.200 e. The molecular formula is C25H32NSi+. The predicted octanol–water partition coefficient (Wildman–Crippen LogP) is 5.81. The number of fused-ring (bicyclic) bond motifs is 1. The lowest BCUT2D eigenvalue weighted by atomic mass is 9.98. The zero-order valence-electron chi connectivity index (χ0n) is 17.5. The molecule has 1 aliphatic carbocycles. The first-order chi connectivity index (χ1) is 12.9. The third-order valence-electron chi connectivity index (χ3n) is 6.91. The van der Waals surface area contributed by atoms with Crippen molar-refractivity contribution in [2.75, 3.05) is 0 Å². The highest BCUT2D eigenvalue weighted by molar-refractivity contribution is 6.91. The number of hydrogen-bond donors (Lipinski definition) is 0. The molecule has 1 saturated carbocycles. The standard InChI is InChI=1S/C25H32NSi/c1-18-10-11-19(2)24(16-18)25-23-13-12-22(17-20(23)14-15-26(25)3)27(4,5)21-8-6-7-9-21/h10-17,21H,6-9H2,1-5H3/q+1. The highest BCUT2D eigenvalue weighted by atomic mass is 28.3. The van der Waals surface area contributed by atoms with Gasteiger partial charge < -0.3 is 0 Å². The second kappa shape index (κ2) is 6.90. The van der Waals surface area contributed by atoms with Crippen molar-refractivity contribution in [2.45, 2.75) is 58.2 Å². The molecule has 1 fully saturated rings. The Kier molecular flexibility index (Phi) is 4.71. The van der Waals surface area contributed by atoms with Crippen molar-refractivity contribution in [1.29, 1.82) is 0 Å². The van der Waals surface area contributed by atoms with Crippen LogP contribution >= 0.6 is 0 Å². The second-order valence-corrected chi connectivity index (χ2v) is 13.9. The Morgan fingerprint density at radius 2 is 1.67 bits per heavy atom. The van der Waals surface area contributed by atoms with Crippen LogP contribution in [0.2, 0.25) is 18.6 Å². The summed E-state index contributed by atoms with van der Waals surface area (Å²) in [7, 11) is 0.768. The zero-order chi connectivity index (χ0) is 19.2. The van der Waals surface area contributed by atoms with Crippen LogP contribution < -0.4 is 9.75 Å². The summed E-state index contributed by atoms with van der Waals surface area (Å²) < 4.78 is 2.28. The van der Waals surface area contributed by atoms with Crippen LogP contribution in [0, 0.1) is 13.8 Å². The number of benzene rings is 2. The van der Waals surface area contributed by atoms with Crippen LogP contribution in [0.1, 0.15) is 36.8 Å². The number of aryl methyl sites for hydroxylation is 3. The first-order valence-electron chi connectivity index (χ1n) is 10.4. The third kappa shape index (κ3) is 3.25. The van der Waals surface area contributed by atoms with Gasteiger partial charge in [0.05, 0.1) is 13.5 Å². The van der Waals surface area contributed by atoms with Crippen molar-refractivity contribution in [1.82, 2.24) is 0 Å². The first-order valence-corrected chi connectivity index (χ1v) is 13.5. The molecule has 140 valence electrons. The fourth-order valence-electron chi connectivity index (χ4n) is 4.98. The van der Waals surface area contributed by atoms with E-state index in [0.717, 1.165) is 5.54 Å². The minimum Gasteiger partial charge on any atom is -0.200 e. The number of hydrogen-bond acceptors (Lipinski definition) is 0. The van der Waals surface area contributed by atoms with Gasteiger partial charge in [-0.1, -0.05) is 73.8 Å². The van der Waals surface area contributed by atoms with Crippen molar-refractivity contribution >= 4 is 24.0 Å². The minimum atomic E-state index is -1.40. The van der Waals surface area contributed by atoms with Gasteiger partial charge in [0, 0.05) is 11.6 Å². The molecule has 1 aromatic heterocycles. The van der Waals surface area contributed by atoms with Crippen LogP contribution in [0.25, 0.3) is 22.0 Å². The van der Waals surface area contributed by atoms with E-state index in [4.69, 9.17) is 0 Å². The first kappa shape index (κ1) is 18.4. The van der Waals surface area contributed by atoms with Crippen molar-refractivity contribution in [3.63, 3.8) is 0 Å². The molecule has 0 saturated heterocycles. The van der Waals surface area contributed by atoms with Crippen LogP contribution in [0.4, 0.5) is 0 Å². The van der Waals surface area contributed by atoms with E-state index >= 15 is 0 Å². The maximum atomic E-state index is 2.58. The number of rotatable bonds is 3. The summed E-state index contributed by atoms with van der Waals surface area (Å²) in [5.41, 5.74) is 6.30. The summed E-state index contributed by atoms with van der Waals surface area (Å²) in [4.78, 5) is 0. The maximum Gasteiger partial charge on any atom is 0.220 e. The summed E-state index contributed by atoms with van der Waals surface area (Å²) in [6, 6.07) is 16.4. The Hall–Kier alpha value is -1.93. The van der Waals surface area contributed by atoms with Gasteiger partial charge in [-0.05, 0) is 42.5 Å². The van der Waals surface area contributed by atoms with Gasteiger partial charge in [-0.3, -0.25) is 0 Å². The number of nitrogens with zero attached hydrogens (tertiary/aromatic N) is 1. The summed E-state index contributed by atoms with van der Waals surface area (Å²) in [6.07, 6.45) is 7.97. The average molecular weight is 375 g/mol. The molecule has 0 unspecified atom stereocenters. The number of pyridine rings is 1. The Morgan fingerprint density at radius 1 is 0.926 bits per heavy atom. The molecule has 2 aromatic carbocycles. The molecular weight excluding hydrogens is 342 g/mol. The zero-order valence-corrected chi connectivity index (χ0v) is 18.5. The average Bonchev–Trinajstić information content (AvgIpc) is 3.19. The van der Waals surface area contributed by atoms with Gasteiger partial charge in [-0.15, -0.1) is 0 Å². The van der Waals surface area contributed by atoms with E-state index < -0.39 is 8.07 Å². The molecule has 0 N–H and O–H groups in total. The Labute approximate surface area is 165 Å². The van der Waals surface area contributed by atoms with E-state index in [2.05, 4.69) is 87.2 Å². The molecule has 0 bridgehead atoms. The van der Waals surface area contributed by atoms with Crippen molar-refractivity contribution in [3.8, 4) is 11.3 Å². The molecule has 1 heterocycles. The van der Waals surface area contributed by atoms with Crippen LogP contribution in [0.5, 0.6) is 0 Å². The van der Waals surface area contributed by atoms with Crippen molar-refractivity contribution in [3.05, 3.63) is 59.8 Å². The molecule has 2 heteroatoms. The van der Waals surface area contributed by atoms with Crippen LogP contribution in [-0.4, -0.2) is 8.07 Å². The lowest BCUT2D eigenvalue weighted by Crippen LogP contribution is -2.45. The van der Waals surface area contributed by atoms with Gasteiger partial charge in [0.25, 0.3) is 0 Å². The monoisotopic (exact) mass is 374 g/mol. The van der Waals surface area contributed by atoms with E-state index in [1.807, 2.05) is 0 Å². The lowest BCUT2D eigenvalue weighted by molar-refractivity contribution is -0.659. The summed E-state index contributed by atoms with van der Waals surface area (Å²) in [5, 5.41) is 4.39. The van der Waals surface area contributed by atoms with E-state index in [9.17, 15) is 0 Å². The summed E-state index contributed by atoms with van der Waals surface area (Å²) >= 11 is 0. The quantitative estimate of drug-likeness (QED) is 0.402. The molecule has 0 atom stereocenters. The third-order valence-corrected chi connectivity index (χ3v) is 11.3. The molecule has 3 aromatic rings. The van der Waals surface area contributed by atoms with E-state index in [1.54, 1.807) is 5.19 Å². The van der Waals surface area contributed by atoms with Gasteiger partial charge in [0.2, 0.25) is 5.69 Å². The van der Waals surface area contributed by atoms with Gasteiger partial charge in [-0.2, -0.15) is 0 Å². The topological polar surface area (TPSA) is 3.88 Å². The van der Waals surface area contributed by atoms with Crippen LogP contribution in [-0.2, 0) is 7.05 Å². The number of aromatic nitrogens is 1. The Morgan fingerprint density at radius 3 is 2.41 bits per heavy atom. The fraction of sp³-hybridized carbons (Fsp3) is 0.400. The summed E-state index contributed by atoms with van der Waals surface area (Å²) in [5.74, 6) is 0. The lowest BCUT2D eigenvalue weighted by Gasteiger charge is -2.30. The van der Waals surface area contributed by atoms with Crippen LogP contribution in [0.15, 0.2) is 48.7 Å². The predicted molar refractivity (Wildman–Crippen MR) is 119 cm³/mol. The molecule has 4 rings (SSSR count). The molecule has 1 nitrogen and oxygen atoms in total. The molecule has 27 heavy (non-hydrogen) atoms. The van der Waals surface area contributed by atoms with Gasteiger partial charge >= 0.3 is 0 Å². The molecule has 1 aliphatic rings. The fourth-order valence-corrected chi connectivity index (χ4v) is 8.35. The highest BCUT2D eigenvalue weighted by Gasteiger charge is 2.35. The largest absolute Gasteiger partial charge is 0.220 e. The highest BCUT2D eigenvalue weighted by Crippen LogP contribution is 2.38. The molecule has 0 spiro atoms. The van der Waals surface area contributed by atoms with E-state index in [1.165, 1.54) is 58.8 Å². The van der Waals surface area contributed by atoms with E-state index in [-0.39, 0.29) is 0 Å². The SMILES string of the molecule is Cc1ccc(C)c(-c2c3ccc([Si](C)(C)C4CCCC4)cc3cc[n+]2C)c1.